The van der Waals surface area contributed by atoms with Crippen molar-refractivity contribution in [1.82, 2.24) is 0 Å². The molecule has 0 saturated heterocycles. The molecule has 1 aromatic carbocycles. The quantitative estimate of drug-likeness (QED) is 0.926. The molecule has 2 fully saturated rings. The zero-order valence-corrected chi connectivity index (χ0v) is 11.6. The summed E-state index contributed by atoms with van der Waals surface area (Å²) < 4.78 is 6.60. The molecule has 1 aromatic rings. The molecular formula is C14H15BrO3. The van der Waals surface area contributed by atoms with Crippen LogP contribution in [0.1, 0.15) is 37.7 Å². The van der Waals surface area contributed by atoms with Crippen LogP contribution in [-0.2, 0) is 10.2 Å². The molecule has 0 spiro atoms. The smallest absolute Gasteiger partial charge is 0.314 e. The molecule has 0 aromatic heterocycles. The van der Waals surface area contributed by atoms with Gasteiger partial charge in [0.2, 0.25) is 0 Å². The molecule has 0 radical (unpaired) electrons. The Morgan fingerprint density at radius 3 is 2.56 bits per heavy atom. The monoisotopic (exact) mass is 310 g/mol. The summed E-state index contributed by atoms with van der Waals surface area (Å²) in [5.41, 5.74) is 0.219. The largest absolute Gasteiger partial charge is 0.489 e. The fourth-order valence-electron chi connectivity index (χ4n) is 2.42. The molecule has 18 heavy (non-hydrogen) atoms. The highest BCUT2D eigenvalue weighted by Gasteiger charge is 2.46. The lowest BCUT2D eigenvalue weighted by Gasteiger charge is -2.38. The standard InChI is InChI=1S/C14H15BrO3/c15-11-8-9(14(13(16)17)6-1-7-14)2-5-12(11)18-10-3-4-10/h2,5,8,10H,1,3-4,6-7H2,(H,16,17). The van der Waals surface area contributed by atoms with Crippen LogP contribution in [0.15, 0.2) is 22.7 Å². The van der Waals surface area contributed by atoms with Crippen molar-refractivity contribution < 1.29 is 14.6 Å². The van der Waals surface area contributed by atoms with Crippen LogP contribution in [0.25, 0.3) is 0 Å². The van der Waals surface area contributed by atoms with E-state index in [9.17, 15) is 9.90 Å². The summed E-state index contributed by atoms with van der Waals surface area (Å²) >= 11 is 3.48. The molecule has 0 bridgehead atoms. The second-order valence-corrected chi connectivity index (χ2v) is 6.06. The van der Waals surface area contributed by atoms with Gasteiger partial charge in [-0.05, 0) is 59.3 Å². The predicted octanol–water partition coefficient (Wildman–Crippen LogP) is 3.50. The topological polar surface area (TPSA) is 46.5 Å². The number of ether oxygens (including phenoxy) is 1. The number of hydrogen-bond acceptors (Lipinski definition) is 2. The van der Waals surface area contributed by atoms with Crippen LogP contribution in [0.2, 0.25) is 0 Å². The molecular weight excluding hydrogens is 296 g/mol. The molecule has 3 nitrogen and oxygen atoms in total. The average molecular weight is 311 g/mol. The molecule has 4 heteroatoms. The first-order valence-electron chi connectivity index (χ1n) is 6.32. The molecule has 0 heterocycles. The van der Waals surface area contributed by atoms with E-state index in [0.717, 1.165) is 47.9 Å². The molecule has 1 N–H and O–H groups in total. The molecule has 0 aliphatic heterocycles. The summed E-state index contributed by atoms with van der Waals surface area (Å²) in [4.78, 5) is 11.4. The van der Waals surface area contributed by atoms with Crippen LogP contribution in [0.5, 0.6) is 5.75 Å². The van der Waals surface area contributed by atoms with Gasteiger partial charge in [0.15, 0.2) is 0 Å². The first kappa shape index (κ1) is 12.0. The Bertz CT molecular complexity index is 490. The third-order valence-electron chi connectivity index (χ3n) is 3.92. The summed E-state index contributed by atoms with van der Waals surface area (Å²) in [5, 5.41) is 9.41. The molecule has 0 amide bonds. The lowest BCUT2D eigenvalue weighted by Crippen LogP contribution is -2.42. The Hall–Kier alpha value is -1.03. The number of benzene rings is 1. The van der Waals surface area contributed by atoms with E-state index in [4.69, 9.17) is 4.74 Å². The van der Waals surface area contributed by atoms with Gasteiger partial charge in [-0.25, -0.2) is 0 Å². The van der Waals surface area contributed by atoms with Crippen molar-refractivity contribution in [1.29, 1.82) is 0 Å². The number of carboxylic acid groups (broad SMARTS) is 1. The van der Waals surface area contributed by atoms with Crippen molar-refractivity contribution in [3.8, 4) is 5.75 Å². The molecule has 2 aliphatic carbocycles. The minimum Gasteiger partial charge on any atom is -0.489 e. The van der Waals surface area contributed by atoms with Crippen LogP contribution in [-0.4, -0.2) is 17.2 Å². The molecule has 2 saturated carbocycles. The van der Waals surface area contributed by atoms with Crippen LogP contribution < -0.4 is 4.74 Å². The van der Waals surface area contributed by atoms with Gasteiger partial charge < -0.3 is 9.84 Å². The number of carbonyl (C=O) groups is 1. The highest BCUT2D eigenvalue weighted by molar-refractivity contribution is 9.10. The molecule has 3 rings (SSSR count). The Kier molecular flexibility index (Phi) is 2.85. The zero-order chi connectivity index (χ0) is 12.8. The zero-order valence-electron chi connectivity index (χ0n) is 9.99. The minimum absolute atomic E-state index is 0.351. The van der Waals surface area contributed by atoms with Crippen LogP contribution in [0.4, 0.5) is 0 Å². The van der Waals surface area contributed by atoms with Crippen LogP contribution >= 0.6 is 15.9 Å². The summed E-state index contributed by atoms with van der Waals surface area (Å²) in [5.74, 6) is 0.109. The van der Waals surface area contributed by atoms with Gasteiger partial charge in [0.05, 0.1) is 16.0 Å². The van der Waals surface area contributed by atoms with Crippen molar-refractivity contribution in [2.45, 2.75) is 43.6 Å². The van der Waals surface area contributed by atoms with E-state index in [1.54, 1.807) is 0 Å². The summed E-state index contributed by atoms with van der Waals surface area (Å²) in [6.07, 6.45) is 5.05. The second-order valence-electron chi connectivity index (χ2n) is 5.20. The maximum absolute atomic E-state index is 11.4. The summed E-state index contributed by atoms with van der Waals surface area (Å²) in [7, 11) is 0. The third-order valence-corrected chi connectivity index (χ3v) is 4.54. The Labute approximate surface area is 114 Å². The van der Waals surface area contributed by atoms with Crippen molar-refractivity contribution in [2.75, 3.05) is 0 Å². The number of halogens is 1. The van der Waals surface area contributed by atoms with Crippen molar-refractivity contribution in [3.05, 3.63) is 28.2 Å². The average Bonchev–Trinajstić information content (AvgIpc) is 3.03. The lowest BCUT2D eigenvalue weighted by molar-refractivity contribution is -0.147. The SMILES string of the molecule is O=C(O)C1(c2ccc(OC3CC3)c(Br)c2)CCC1. The van der Waals surface area contributed by atoms with Gasteiger partial charge in [0.25, 0.3) is 0 Å². The van der Waals surface area contributed by atoms with Gasteiger partial charge in [-0.1, -0.05) is 12.5 Å². The van der Waals surface area contributed by atoms with Gasteiger partial charge >= 0.3 is 5.97 Å². The molecule has 96 valence electrons. The Morgan fingerprint density at radius 1 is 1.39 bits per heavy atom. The van der Waals surface area contributed by atoms with E-state index in [1.165, 1.54) is 0 Å². The fourth-order valence-corrected chi connectivity index (χ4v) is 2.89. The maximum atomic E-state index is 11.4. The van der Waals surface area contributed by atoms with Crippen molar-refractivity contribution >= 4 is 21.9 Å². The minimum atomic E-state index is -0.712. The summed E-state index contributed by atoms with van der Waals surface area (Å²) in [6, 6.07) is 5.70. The van der Waals surface area contributed by atoms with Gasteiger partial charge in [-0.3, -0.25) is 4.79 Å². The van der Waals surface area contributed by atoms with E-state index in [1.807, 2.05) is 18.2 Å². The predicted molar refractivity (Wildman–Crippen MR) is 71.0 cm³/mol. The molecule has 0 atom stereocenters. The van der Waals surface area contributed by atoms with Crippen molar-refractivity contribution in [2.24, 2.45) is 0 Å². The highest BCUT2D eigenvalue weighted by atomic mass is 79.9. The lowest BCUT2D eigenvalue weighted by atomic mass is 9.64. The van der Waals surface area contributed by atoms with E-state index >= 15 is 0 Å². The number of aliphatic carboxylic acids is 1. The molecule has 0 unspecified atom stereocenters. The van der Waals surface area contributed by atoms with Gasteiger partial charge in [0.1, 0.15) is 5.75 Å². The van der Waals surface area contributed by atoms with Gasteiger partial charge in [-0.2, -0.15) is 0 Å². The van der Waals surface area contributed by atoms with Crippen LogP contribution in [0, 0.1) is 0 Å². The first-order chi connectivity index (χ1) is 8.62. The summed E-state index contributed by atoms with van der Waals surface area (Å²) in [6.45, 7) is 0. The number of rotatable bonds is 4. The maximum Gasteiger partial charge on any atom is 0.314 e. The normalized spacial score (nSPS) is 21.2. The van der Waals surface area contributed by atoms with Crippen LogP contribution in [0.3, 0.4) is 0 Å². The molecule has 2 aliphatic rings. The first-order valence-corrected chi connectivity index (χ1v) is 7.11. The fraction of sp³-hybridized carbons (Fsp3) is 0.500. The highest BCUT2D eigenvalue weighted by Crippen LogP contribution is 2.46. The van der Waals surface area contributed by atoms with Gasteiger partial charge in [-0.15, -0.1) is 0 Å². The second kappa shape index (κ2) is 4.26. The van der Waals surface area contributed by atoms with Crippen molar-refractivity contribution in [3.63, 3.8) is 0 Å². The third kappa shape index (κ3) is 1.92. The van der Waals surface area contributed by atoms with E-state index in [2.05, 4.69) is 15.9 Å². The number of carboxylic acids is 1. The van der Waals surface area contributed by atoms with E-state index in [-0.39, 0.29) is 0 Å². The van der Waals surface area contributed by atoms with E-state index < -0.39 is 11.4 Å². The Balaban J connectivity index is 1.88. The number of hydrogen-bond donors (Lipinski definition) is 1. The Morgan fingerprint density at radius 2 is 2.11 bits per heavy atom. The van der Waals surface area contributed by atoms with Gasteiger partial charge in [0, 0.05) is 0 Å². The van der Waals surface area contributed by atoms with E-state index in [0.29, 0.717) is 6.10 Å².